The fourth-order valence-electron chi connectivity index (χ4n) is 1.12. The van der Waals surface area contributed by atoms with Crippen molar-refractivity contribution in [2.24, 2.45) is 0 Å². The molecule has 0 radical (unpaired) electrons. The Kier molecular flexibility index (Phi) is 4.42. The van der Waals surface area contributed by atoms with E-state index in [2.05, 4.69) is 37.3 Å². The van der Waals surface area contributed by atoms with E-state index < -0.39 is 0 Å². The summed E-state index contributed by atoms with van der Waals surface area (Å²) in [7, 11) is 0. The standard InChI is InChI=1S/C11H13NS/c1-2-13-11-7-5-10(6-8-11)4-3-9-12/h5-8H,2-4H2,1H3. The van der Waals surface area contributed by atoms with Crippen molar-refractivity contribution in [3.8, 4) is 6.07 Å². The van der Waals surface area contributed by atoms with Gasteiger partial charge in [0, 0.05) is 11.3 Å². The zero-order valence-corrected chi connectivity index (χ0v) is 8.60. The molecule has 0 aromatic heterocycles. The summed E-state index contributed by atoms with van der Waals surface area (Å²) in [6, 6.07) is 10.6. The highest BCUT2D eigenvalue weighted by atomic mass is 32.2. The van der Waals surface area contributed by atoms with Gasteiger partial charge in [-0.05, 0) is 29.9 Å². The normalized spacial score (nSPS) is 9.54. The van der Waals surface area contributed by atoms with E-state index in [-0.39, 0.29) is 0 Å². The van der Waals surface area contributed by atoms with Crippen molar-refractivity contribution in [3.05, 3.63) is 29.8 Å². The zero-order chi connectivity index (χ0) is 9.52. The molecule has 1 nitrogen and oxygen atoms in total. The SMILES string of the molecule is CCSc1ccc(CCC#N)cc1. The highest BCUT2D eigenvalue weighted by molar-refractivity contribution is 7.99. The summed E-state index contributed by atoms with van der Waals surface area (Å²) in [6.07, 6.45) is 1.48. The molecule has 1 aromatic rings. The topological polar surface area (TPSA) is 23.8 Å². The fourth-order valence-corrected chi connectivity index (χ4v) is 1.78. The third-order valence-corrected chi connectivity index (χ3v) is 2.65. The van der Waals surface area contributed by atoms with Gasteiger partial charge in [-0.25, -0.2) is 0 Å². The van der Waals surface area contributed by atoms with Gasteiger partial charge in [-0.1, -0.05) is 19.1 Å². The molecular weight excluding hydrogens is 178 g/mol. The van der Waals surface area contributed by atoms with Crippen molar-refractivity contribution in [2.45, 2.75) is 24.7 Å². The predicted molar refractivity (Wildman–Crippen MR) is 56.8 cm³/mol. The van der Waals surface area contributed by atoms with Gasteiger partial charge in [-0.3, -0.25) is 0 Å². The Morgan fingerprint density at radius 3 is 2.54 bits per heavy atom. The first kappa shape index (κ1) is 10.1. The molecule has 1 aromatic carbocycles. The lowest BCUT2D eigenvalue weighted by atomic mass is 10.1. The molecule has 0 amide bonds. The Morgan fingerprint density at radius 2 is 2.00 bits per heavy atom. The molecule has 0 fully saturated rings. The molecule has 0 saturated heterocycles. The molecule has 0 bridgehead atoms. The van der Waals surface area contributed by atoms with Crippen LogP contribution in [0.3, 0.4) is 0 Å². The fraction of sp³-hybridized carbons (Fsp3) is 0.364. The van der Waals surface area contributed by atoms with Gasteiger partial charge in [0.25, 0.3) is 0 Å². The molecule has 1 rings (SSSR count). The minimum absolute atomic E-state index is 0.611. The van der Waals surface area contributed by atoms with Crippen LogP contribution in [0.1, 0.15) is 18.9 Å². The lowest BCUT2D eigenvalue weighted by molar-refractivity contribution is 1.01. The van der Waals surface area contributed by atoms with Crippen LogP contribution in [0.2, 0.25) is 0 Å². The van der Waals surface area contributed by atoms with E-state index >= 15 is 0 Å². The maximum atomic E-state index is 8.41. The molecule has 68 valence electrons. The second-order valence-corrected chi connectivity index (χ2v) is 4.07. The molecule has 13 heavy (non-hydrogen) atoms. The van der Waals surface area contributed by atoms with Crippen LogP contribution in [0.5, 0.6) is 0 Å². The van der Waals surface area contributed by atoms with Gasteiger partial charge in [0.15, 0.2) is 0 Å². The van der Waals surface area contributed by atoms with Crippen LogP contribution in [0, 0.1) is 11.3 Å². The molecule has 0 atom stereocenters. The maximum absolute atomic E-state index is 8.41. The summed E-state index contributed by atoms with van der Waals surface area (Å²) >= 11 is 1.84. The van der Waals surface area contributed by atoms with Crippen molar-refractivity contribution < 1.29 is 0 Å². The summed E-state index contributed by atoms with van der Waals surface area (Å²) in [5.41, 5.74) is 1.25. The summed E-state index contributed by atoms with van der Waals surface area (Å²) < 4.78 is 0. The molecule has 0 N–H and O–H groups in total. The lowest BCUT2D eigenvalue weighted by Gasteiger charge is -2.00. The number of benzene rings is 1. The molecular formula is C11H13NS. The zero-order valence-electron chi connectivity index (χ0n) is 7.79. The number of hydrogen-bond donors (Lipinski definition) is 0. The number of rotatable bonds is 4. The van der Waals surface area contributed by atoms with Crippen LogP contribution in [-0.4, -0.2) is 5.75 Å². The predicted octanol–water partition coefficient (Wildman–Crippen LogP) is 3.25. The van der Waals surface area contributed by atoms with E-state index in [1.165, 1.54) is 10.5 Å². The Labute approximate surface area is 83.8 Å². The molecule has 0 aliphatic carbocycles. The average Bonchev–Trinajstić information content (AvgIpc) is 2.17. The first-order valence-electron chi connectivity index (χ1n) is 4.45. The maximum Gasteiger partial charge on any atom is 0.0625 e. The minimum atomic E-state index is 0.611. The van der Waals surface area contributed by atoms with Gasteiger partial charge < -0.3 is 0 Å². The van der Waals surface area contributed by atoms with Crippen molar-refractivity contribution in [1.82, 2.24) is 0 Å². The molecule has 0 heterocycles. The van der Waals surface area contributed by atoms with Crippen molar-refractivity contribution in [3.63, 3.8) is 0 Å². The highest BCUT2D eigenvalue weighted by Crippen LogP contribution is 2.18. The van der Waals surface area contributed by atoms with E-state index in [0.29, 0.717) is 6.42 Å². The molecule has 0 spiro atoms. The average molecular weight is 191 g/mol. The van der Waals surface area contributed by atoms with Gasteiger partial charge in [0.05, 0.1) is 6.07 Å². The molecule has 2 heteroatoms. The van der Waals surface area contributed by atoms with E-state index in [1.54, 1.807) is 0 Å². The van der Waals surface area contributed by atoms with Crippen molar-refractivity contribution in [2.75, 3.05) is 5.75 Å². The second kappa shape index (κ2) is 5.66. The Balaban J connectivity index is 2.54. The number of nitriles is 1. The summed E-state index contributed by atoms with van der Waals surface area (Å²) in [6.45, 7) is 2.15. The van der Waals surface area contributed by atoms with E-state index in [1.807, 2.05) is 11.8 Å². The smallest absolute Gasteiger partial charge is 0.0625 e. The quantitative estimate of drug-likeness (QED) is 0.682. The van der Waals surface area contributed by atoms with Crippen LogP contribution in [-0.2, 0) is 6.42 Å². The molecule has 0 saturated carbocycles. The molecule has 0 aliphatic rings. The van der Waals surface area contributed by atoms with Crippen LogP contribution in [0.4, 0.5) is 0 Å². The highest BCUT2D eigenvalue weighted by Gasteiger charge is 1.93. The van der Waals surface area contributed by atoms with Gasteiger partial charge in [-0.15, -0.1) is 11.8 Å². The van der Waals surface area contributed by atoms with Gasteiger partial charge in [0.1, 0.15) is 0 Å². The lowest BCUT2D eigenvalue weighted by Crippen LogP contribution is -1.83. The van der Waals surface area contributed by atoms with Gasteiger partial charge in [0.2, 0.25) is 0 Å². The van der Waals surface area contributed by atoms with Crippen molar-refractivity contribution in [1.29, 1.82) is 5.26 Å². The van der Waals surface area contributed by atoms with Crippen LogP contribution >= 0.6 is 11.8 Å². The Bertz CT molecular complexity index is 284. The number of nitrogens with zero attached hydrogens (tertiary/aromatic N) is 1. The van der Waals surface area contributed by atoms with Crippen LogP contribution in [0.25, 0.3) is 0 Å². The van der Waals surface area contributed by atoms with Crippen LogP contribution in [0.15, 0.2) is 29.2 Å². The minimum Gasteiger partial charge on any atom is -0.198 e. The molecule has 0 aliphatic heterocycles. The monoisotopic (exact) mass is 191 g/mol. The number of aryl methyl sites for hydroxylation is 1. The first-order chi connectivity index (χ1) is 6.36. The summed E-state index contributed by atoms with van der Waals surface area (Å²) in [5, 5.41) is 8.41. The van der Waals surface area contributed by atoms with Crippen LogP contribution < -0.4 is 0 Å². The first-order valence-corrected chi connectivity index (χ1v) is 5.44. The summed E-state index contributed by atoms with van der Waals surface area (Å²) in [5.74, 6) is 1.11. The second-order valence-electron chi connectivity index (χ2n) is 2.74. The van der Waals surface area contributed by atoms with E-state index in [9.17, 15) is 0 Å². The van der Waals surface area contributed by atoms with E-state index in [0.717, 1.165) is 12.2 Å². The third-order valence-electron chi connectivity index (χ3n) is 1.76. The van der Waals surface area contributed by atoms with Gasteiger partial charge in [-0.2, -0.15) is 5.26 Å². The molecule has 0 unspecified atom stereocenters. The van der Waals surface area contributed by atoms with Gasteiger partial charge >= 0.3 is 0 Å². The van der Waals surface area contributed by atoms with E-state index in [4.69, 9.17) is 5.26 Å². The Morgan fingerprint density at radius 1 is 1.31 bits per heavy atom. The number of thioether (sulfide) groups is 1. The summed E-state index contributed by atoms with van der Waals surface area (Å²) in [4.78, 5) is 1.31. The largest absolute Gasteiger partial charge is 0.198 e. The third kappa shape index (κ3) is 3.52. The number of hydrogen-bond acceptors (Lipinski definition) is 2. The Hall–Kier alpha value is -0.940. The van der Waals surface area contributed by atoms with Crippen molar-refractivity contribution >= 4 is 11.8 Å².